The smallest absolute Gasteiger partial charge is 0.241 e. The number of hydrogen-bond acceptors (Lipinski definition) is 7. The van der Waals surface area contributed by atoms with Crippen LogP contribution in [0.5, 0.6) is 0 Å². The number of aliphatic hydroxyl groups excluding tert-OH is 1. The molecular weight excluding hydrogens is 771 g/mol. The molecule has 1 heterocycles. The van der Waals surface area contributed by atoms with Gasteiger partial charge in [-0.1, -0.05) is 151 Å². The zero-order valence-electron chi connectivity index (χ0n) is 34.3. The van der Waals surface area contributed by atoms with Crippen molar-refractivity contribution in [2.75, 3.05) is 13.6 Å². The van der Waals surface area contributed by atoms with Crippen molar-refractivity contribution in [3.8, 4) is 11.1 Å². The first-order valence-electron chi connectivity index (χ1n) is 20.4. The first-order valence-corrected chi connectivity index (χ1v) is 21.9. The molecule has 1 aliphatic heterocycles. The van der Waals surface area contributed by atoms with Crippen molar-refractivity contribution in [2.24, 2.45) is 0 Å². The summed E-state index contributed by atoms with van der Waals surface area (Å²) in [6.07, 6.45) is -0.0704. The van der Waals surface area contributed by atoms with Crippen LogP contribution in [-0.2, 0) is 43.9 Å². The van der Waals surface area contributed by atoms with Crippen molar-refractivity contribution < 1.29 is 27.8 Å². The number of aryl methyl sites for hydroxylation is 1. The second-order valence-corrected chi connectivity index (χ2v) is 17.3. The van der Waals surface area contributed by atoms with Crippen LogP contribution in [0.2, 0.25) is 0 Å². The van der Waals surface area contributed by atoms with E-state index in [2.05, 4.69) is 53.2 Å². The van der Waals surface area contributed by atoms with Crippen molar-refractivity contribution >= 4 is 15.9 Å². The Morgan fingerprint density at radius 2 is 1.40 bits per heavy atom. The Morgan fingerprint density at radius 1 is 0.767 bits per heavy atom. The van der Waals surface area contributed by atoms with Crippen LogP contribution >= 0.6 is 0 Å². The number of rotatable bonds is 16. The molecule has 10 heteroatoms. The highest BCUT2D eigenvalue weighted by Crippen LogP contribution is 2.39. The van der Waals surface area contributed by atoms with Crippen LogP contribution < -0.4 is 10.0 Å². The number of aliphatic hydroxyl groups is 1. The molecule has 60 heavy (non-hydrogen) atoms. The topological polar surface area (TPSA) is 117 Å². The Kier molecular flexibility index (Phi) is 14.0. The van der Waals surface area contributed by atoms with Crippen LogP contribution in [0.15, 0.2) is 163 Å². The highest BCUT2D eigenvalue weighted by molar-refractivity contribution is 7.89. The number of sulfonamides is 1. The SMILES string of the molecule is Cc1ccc(S(=O)(=O)N[C@H](Cc2ccccc2)C(=O)NCc2ccccc2-c2ccc([C@H]3O[C@@H](CN(C)[C@@H](C)c4ccccc4)C[C@@H](c4ccc(CO)cc4)O3)cc2)cc1. The van der Waals surface area contributed by atoms with Crippen molar-refractivity contribution in [3.05, 3.63) is 197 Å². The number of carbonyl (C=O) groups excluding carboxylic acids is 1. The van der Waals surface area contributed by atoms with E-state index in [0.717, 1.165) is 44.5 Å². The number of nitrogens with one attached hydrogen (secondary N) is 2. The highest BCUT2D eigenvalue weighted by atomic mass is 32.2. The van der Waals surface area contributed by atoms with Gasteiger partial charge < -0.3 is 19.9 Å². The number of carbonyl (C=O) groups is 1. The van der Waals surface area contributed by atoms with Crippen LogP contribution in [0.4, 0.5) is 0 Å². The Morgan fingerprint density at radius 3 is 2.08 bits per heavy atom. The van der Waals surface area contributed by atoms with Gasteiger partial charge in [-0.05, 0) is 78.4 Å². The summed E-state index contributed by atoms with van der Waals surface area (Å²) in [4.78, 5) is 16.3. The number of amides is 1. The maximum Gasteiger partial charge on any atom is 0.241 e. The van der Waals surface area contributed by atoms with E-state index in [1.807, 2.05) is 116 Å². The zero-order valence-corrected chi connectivity index (χ0v) is 35.1. The second-order valence-electron chi connectivity index (χ2n) is 15.5. The third-order valence-corrected chi connectivity index (χ3v) is 12.7. The quantitative estimate of drug-likeness (QED) is 0.0896. The first-order chi connectivity index (χ1) is 29.1. The second kappa shape index (κ2) is 19.7. The Hall–Kier alpha value is -5.46. The number of hydrogen-bond donors (Lipinski definition) is 3. The molecule has 3 N–H and O–H groups in total. The summed E-state index contributed by atoms with van der Waals surface area (Å²) in [7, 11) is -1.86. The van der Waals surface area contributed by atoms with Crippen molar-refractivity contribution in [1.82, 2.24) is 14.9 Å². The van der Waals surface area contributed by atoms with E-state index in [9.17, 15) is 18.3 Å². The van der Waals surface area contributed by atoms with E-state index < -0.39 is 28.3 Å². The molecule has 1 amide bonds. The molecule has 7 rings (SSSR count). The third-order valence-electron chi connectivity index (χ3n) is 11.2. The van der Waals surface area contributed by atoms with Gasteiger partial charge in [0.25, 0.3) is 0 Å². The van der Waals surface area contributed by atoms with Crippen LogP contribution in [0.3, 0.4) is 0 Å². The van der Waals surface area contributed by atoms with Gasteiger partial charge in [0.1, 0.15) is 6.04 Å². The van der Waals surface area contributed by atoms with Gasteiger partial charge in [-0.3, -0.25) is 9.69 Å². The Balaban J connectivity index is 1.07. The van der Waals surface area contributed by atoms with Gasteiger partial charge in [0.05, 0.1) is 23.7 Å². The lowest BCUT2D eigenvalue weighted by atomic mass is 9.97. The number of ether oxygens (including phenoxy) is 2. The van der Waals surface area contributed by atoms with E-state index in [-0.39, 0.29) is 42.7 Å². The average Bonchev–Trinajstić information content (AvgIpc) is 3.28. The fourth-order valence-corrected chi connectivity index (χ4v) is 8.79. The predicted molar refractivity (Wildman–Crippen MR) is 235 cm³/mol. The molecule has 0 bridgehead atoms. The zero-order chi connectivity index (χ0) is 42.1. The number of likely N-dealkylation sites (N-methyl/N-ethyl adjacent to an activating group) is 1. The van der Waals surface area contributed by atoms with Crippen LogP contribution in [-0.4, -0.2) is 50.1 Å². The summed E-state index contributed by atoms with van der Waals surface area (Å²) in [5.74, 6) is -0.426. The molecule has 0 saturated carbocycles. The van der Waals surface area contributed by atoms with E-state index in [0.29, 0.717) is 13.0 Å². The van der Waals surface area contributed by atoms with E-state index >= 15 is 0 Å². The maximum atomic E-state index is 13.8. The molecule has 5 atom stereocenters. The lowest BCUT2D eigenvalue weighted by Crippen LogP contribution is -2.47. The summed E-state index contributed by atoms with van der Waals surface area (Å²) >= 11 is 0. The van der Waals surface area contributed by atoms with Gasteiger partial charge in [-0.2, -0.15) is 4.72 Å². The van der Waals surface area contributed by atoms with Crippen molar-refractivity contribution in [3.63, 3.8) is 0 Å². The summed E-state index contributed by atoms with van der Waals surface area (Å²) < 4.78 is 42.9. The standard InChI is InChI=1S/C50H53N3O6S/c1-35-18-28-45(29-19-35)60(56,57)52-47(30-37-12-6-4-7-13-37)49(55)51-32-43-16-10-11-17-46(43)40-24-26-42(27-25-40)50-58-44(33-53(3)36(2)39-14-8-5-9-15-39)31-48(59-50)41-22-20-38(34-54)21-23-41/h4-29,36,44,47-48,50,52,54H,30-34H2,1-3H3,(H,51,55)/t36-,44+,47+,48-,50-/m0/s1. The minimum absolute atomic E-state index is 0.0188. The molecular formula is C50H53N3O6S. The predicted octanol–water partition coefficient (Wildman–Crippen LogP) is 8.60. The third kappa shape index (κ3) is 10.8. The summed E-state index contributed by atoms with van der Waals surface area (Å²) in [5.41, 5.74) is 8.54. The molecule has 310 valence electrons. The largest absolute Gasteiger partial charge is 0.392 e. The minimum Gasteiger partial charge on any atom is -0.392 e. The molecule has 0 radical (unpaired) electrons. The van der Waals surface area contributed by atoms with E-state index in [4.69, 9.17) is 9.47 Å². The monoisotopic (exact) mass is 823 g/mol. The van der Waals surface area contributed by atoms with Gasteiger partial charge in [0, 0.05) is 31.1 Å². The van der Waals surface area contributed by atoms with E-state index in [1.54, 1.807) is 24.3 Å². The van der Waals surface area contributed by atoms with Gasteiger partial charge in [0.2, 0.25) is 15.9 Å². The first kappa shape index (κ1) is 42.7. The Labute approximate surface area is 354 Å². The van der Waals surface area contributed by atoms with Gasteiger partial charge in [0.15, 0.2) is 6.29 Å². The maximum absolute atomic E-state index is 13.8. The summed E-state index contributed by atoms with van der Waals surface area (Å²) in [6.45, 7) is 4.97. The van der Waals surface area contributed by atoms with Crippen molar-refractivity contribution in [1.29, 1.82) is 0 Å². The fourth-order valence-electron chi connectivity index (χ4n) is 7.59. The van der Waals surface area contributed by atoms with Crippen LogP contribution in [0, 0.1) is 6.92 Å². The summed E-state index contributed by atoms with van der Waals surface area (Å²) in [6, 6.07) is 49.4. The number of nitrogens with zero attached hydrogens (tertiary/aromatic N) is 1. The van der Waals surface area contributed by atoms with E-state index in [1.165, 1.54) is 5.56 Å². The Bertz CT molecular complexity index is 2410. The molecule has 1 fully saturated rings. The molecule has 0 spiro atoms. The molecule has 1 saturated heterocycles. The number of benzene rings is 6. The molecule has 9 nitrogen and oxygen atoms in total. The van der Waals surface area contributed by atoms with Crippen LogP contribution in [0.1, 0.15) is 70.7 Å². The molecule has 0 unspecified atom stereocenters. The van der Waals surface area contributed by atoms with Crippen LogP contribution in [0.25, 0.3) is 11.1 Å². The lowest BCUT2D eigenvalue weighted by molar-refractivity contribution is -0.253. The lowest BCUT2D eigenvalue weighted by Gasteiger charge is -2.39. The normalized spacial score (nSPS) is 17.9. The molecule has 1 aliphatic rings. The van der Waals surface area contributed by atoms with Gasteiger partial charge >= 0.3 is 0 Å². The van der Waals surface area contributed by atoms with Gasteiger partial charge in [-0.25, -0.2) is 8.42 Å². The molecule has 0 aliphatic carbocycles. The summed E-state index contributed by atoms with van der Waals surface area (Å²) in [5, 5.41) is 12.7. The van der Waals surface area contributed by atoms with Gasteiger partial charge in [-0.15, -0.1) is 0 Å². The molecule has 6 aromatic rings. The highest BCUT2D eigenvalue weighted by Gasteiger charge is 2.34. The molecule has 0 aromatic heterocycles. The average molecular weight is 824 g/mol. The minimum atomic E-state index is -3.98. The van der Waals surface area contributed by atoms with Crippen molar-refractivity contribution in [2.45, 2.75) is 75.3 Å². The fraction of sp³-hybridized carbons (Fsp3) is 0.260. The molecule has 6 aromatic carbocycles.